The van der Waals surface area contributed by atoms with E-state index in [1.54, 1.807) is 0 Å². The molecule has 0 radical (unpaired) electrons. The summed E-state index contributed by atoms with van der Waals surface area (Å²) in [7, 11) is 0. The molecule has 1 aliphatic heterocycles. The molecule has 0 atom stereocenters. The number of carbonyl (C=O) groups is 1. The van der Waals surface area contributed by atoms with E-state index < -0.39 is 0 Å². The van der Waals surface area contributed by atoms with Crippen molar-refractivity contribution in [3.63, 3.8) is 0 Å². The first kappa shape index (κ1) is 16.0. The lowest BCUT2D eigenvalue weighted by Gasteiger charge is -2.32. The molecule has 0 aromatic heterocycles. The van der Waals surface area contributed by atoms with Crippen molar-refractivity contribution in [2.45, 2.75) is 52.1 Å². The molecule has 0 bridgehead atoms. The average Bonchev–Trinajstić information content (AvgIpc) is 2.54. The van der Waals surface area contributed by atoms with E-state index in [0.717, 1.165) is 45.3 Å². The van der Waals surface area contributed by atoms with Crippen molar-refractivity contribution in [2.75, 3.05) is 13.1 Å². The van der Waals surface area contributed by atoms with Gasteiger partial charge in [0.25, 0.3) is 0 Å². The summed E-state index contributed by atoms with van der Waals surface area (Å²) in [6.45, 7) is 7.32. The molecule has 116 valence electrons. The van der Waals surface area contributed by atoms with Gasteiger partial charge in [0.05, 0.1) is 0 Å². The van der Waals surface area contributed by atoms with Gasteiger partial charge in [0.1, 0.15) is 0 Å². The molecule has 1 aromatic rings. The zero-order valence-corrected chi connectivity index (χ0v) is 13.3. The van der Waals surface area contributed by atoms with Crippen molar-refractivity contribution < 1.29 is 4.79 Å². The number of benzene rings is 1. The van der Waals surface area contributed by atoms with Gasteiger partial charge in [0.2, 0.25) is 5.91 Å². The van der Waals surface area contributed by atoms with Crippen LogP contribution in [-0.4, -0.2) is 29.9 Å². The summed E-state index contributed by atoms with van der Waals surface area (Å²) in [4.78, 5) is 14.7. The van der Waals surface area contributed by atoms with Crippen molar-refractivity contribution in [1.29, 1.82) is 0 Å². The Hall–Kier alpha value is -1.35. The van der Waals surface area contributed by atoms with Gasteiger partial charge >= 0.3 is 0 Å². The first-order chi connectivity index (χ1) is 10.2. The first-order valence-electron chi connectivity index (χ1n) is 8.29. The quantitative estimate of drug-likeness (QED) is 0.872. The van der Waals surface area contributed by atoms with Crippen LogP contribution in [0.15, 0.2) is 30.3 Å². The lowest BCUT2D eigenvalue weighted by Crippen LogP contribution is -2.43. The van der Waals surface area contributed by atoms with Crippen molar-refractivity contribution in [3.8, 4) is 0 Å². The monoisotopic (exact) mass is 288 g/mol. The molecule has 0 saturated carbocycles. The molecule has 2 rings (SSSR count). The third-order valence-electron chi connectivity index (χ3n) is 4.54. The van der Waals surface area contributed by atoms with Gasteiger partial charge in [-0.2, -0.15) is 0 Å². The minimum absolute atomic E-state index is 0.206. The fourth-order valence-electron chi connectivity index (χ4n) is 3.01. The summed E-state index contributed by atoms with van der Waals surface area (Å²) < 4.78 is 0. The number of nitrogens with one attached hydrogen (secondary N) is 1. The lowest BCUT2D eigenvalue weighted by atomic mass is 9.95. The van der Waals surface area contributed by atoms with Crippen molar-refractivity contribution in [3.05, 3.63) is 35.9 Å². The predicted molar refractivity (Wildman–Crippen MR) is 87.0 cm³/mol. The van der Waals surface area contributed by atoms with Crippen LogP contribution in [-0.2, 0) is 11.3 Å². The van der Waals surface area contributed by atoms with Crippen LogP contribution in [0, 0.1) is 5.92 Å². The molecule has 1 fully saturated rings. The lowest BCUT2D eigenvalue weighted by molar-refractivity contribution is -0.127. The van der Waals surface area contributed by atoms with Gasteiger partial charge in [-0.15, -0.1) is 0 Å². The standard InChI is InChI=1S/C18H28N2O/c1-3-17(4-2)19-18(21)16-10-12-20(13-11-16)14-15-8-6-5-7-9-15/h5-9,16-17H,3-4,10-14H2,1-2H3,(H,19,21). The zero-order valence-electron chi connectivity index (χ0n) is 13.3. The van der Waals surface area contributed by atoms with Crippen LogP contribution in [0.3, 0.4) is 0 Å². The molecule has 1 saturated heterocycles. The number of carbonyl (C=O) groups excluding carboxylic acids is 1. The van der Waals surface area contributed by atoms with Gasteiger partial charge in [0.15, 0.2) is 0 Å². The molecule has 21 heavy (non-hydrogen) atoms. The second-order valence-electron chi connectivity index (χ2n) is 6.06. The maximum atomic E-state index is 12.3. The van der Waals surface area contributed by atoms with E-state index >= 15 is 0 Å². The summed E-state index contributed by atoms with van der Waals surface area (Å²) in [5.74, 6) is 0.473. The Morgan fingerprint density at radius 2 is 1.81 bits per heavy atom. The Balaban J connectivity index is 1.76. The van der Waals surface area contributed by atoms with Crippen LogP contribution in [0.2, 0.25) is 0 Å². The van der Waals surface area contributed by atoms with Crippen LogP contribution >= 0.6 is 0 Å². The predicted octanol–water partition coefficient (Wildman–Crippen LogP) is 3.20. The number of piperidine rings is 1. The van der Waals surface area contributed by atoms with Gasteiger partial charge in [-0.1, -0.05) is 44.2 Å². The summed E-state index contributed by atoms with van der Waals surface area (Å²) in [5.41, 5.74) is 1.36. The molecule has 0 spiro atoms. The highest BCUT2D eigenvalue weighted by Crippen LogP contribution is 2.19. The summed E-state index contributed by atoms with van der Waals surface area (Å²) in [6.07, 6.45) is 4.02. The molecule has 1 amide bonds. The molecule has 1 aromatic carbocycles. The van der Waals surface area contributed by atoms with Gasteiger partial charge in [-0.25, -0.2) is 0 Å². The van der Waals surface area contributed by atoms with E-state index in [2.05, 4.69) is 54.4 Å². The van der Waals surface area contributed by atoms with E-state index in [-0.39, 0.29) is 11.8 Å². The normalized spacial score (nSPS) is 17.1. The van der Waals surface area contributed by atoms with Crippen LogP contribution < -0.4 is 5.32 Å². The number of nitrogens with zero attached hydrogens (tertiary/aromatic N) is 1. The minimum Gasteiger partial charge on any atom is -0.353 e. The number of rotatable bonds is 6. The largest absolute Gasteiger partial charge is 0.353 e. The second-order valence-corrected chi connectivity index (χ2v) is 6.06. The van der Waals surface area contributed by atoms with Crippen molar-refractivity contribution >= 4 is 5.91 Å². The smallest absolute Gasteiger partial charge is 0.223 e. The molecule has 0 unspecified atom stereocenters. The number of hydrogen-bond acceptors (Lipinski definition) is 2. The summed E-state index contributed by atoms with van der Waals surface area (Å²) >= 11 is 0. The summed E-state index contributed by atoms with van der Waals surface area (Å²) in [6, 6.07) is 10.9. The highest BCUT2D eigenvalue weighted by molar-refractivity contribution is 5.79. The van der Waals surface area contributed by atoms with Gasteiger partial charge in [0, 0.05) is 18.5 Å². The van der Waals surface area contributed by atoms with E-state index in [1.807, 2.05) is 0 Å². The Kier molecular flexibility index (Phi) is 6.24. The highest BCUT2D eigenvalue weighted by Gasteiger charge is 2.25. The molecule has 1 heterocycles. The topological polar surface area (TPSA) is 32.3 Å². The fourth-order valence-corrected chi connectivity index (χ4v) is 3.01. The number of hydrogen-bond donors (Lipinski definition) is 1. The maximum absolute atomic E-state index is 12.3. The average molecular weight is 288 g/mol. The van der Waals surface area contributed by atoms with E-state index in [1.165, 1.54) is 5.56 Å². The second kappa shape index (κ2) is 8.18. The minimum atomic E-state index is 0.206. The number of likely N-dealkylation sites (tertiary alicyclic amines) is 1. The molecular weight excluding hydrogens is 260 g/mol. The SMILES string of the molecule is CCC(CC)NC(=O)C1CCN(Cc2ccccc2)CC1. The third kappa shape index (κ3) is 4.85. The van der Waals surface area contributed by atoms with E-state index in [9.17, 15) is 4.79 Å². The Bertz CT molecular complexity index is 420. The fraction of sp³-hybridized carbons (Fsp3) is 0.611. The van der Waals surface area contributed by atoms with Crippen LogP contribution in [0.4, 0.5) is 0 Å². The van der Waals surface area contributed by atoms with Crippen molar-refractivity contribution in [2.24, 2.45) is 5.92 Å². The van der Waals surface area contributed by atoms with Crippen LogP contribution in [0.1, 0.15) is 45.1 Å². The van der Waals surface area contributed by atoms with Crippen LogP contribution in [0.25, 0.3) is 0 Å². The first-order valence-corrected chi connectivity index (χ1v) is 8.29. The van der Waals surface area contributed by atoms with E-state index in [0.29, 0.717) is 6.04 Å². The van der Waals surface area contributed by atoms with Gasteiger partial charge < -0.3 is 5.32 Å². The maximum Gasteiger partial charge on any atom is 0.223 e. The zero-order chi connectivity index (χ0) is 15.1. The number of amides is 1. The van der Waals surface area contributed by atoms with Crippen LogP contribution in [0.5, 0.6) is 0 Å². The van der Waals surface area contributed by atoms with Crippen molar-refractivity contribution in [1.82, 2.24) is 10.2 Å². The Morgan fingerprint density at radius 1 is 1.19 bits per heavy atom. The Morgan fingerprint density at radius 3 is 2.38 bits per heavy atom. The molecule has 0 aliphatic carbocycles. The highest BCUT2D eigenvalue weighted by atomic mass is 16.1. The van der Waals surface area contributed by atoms with E-state index in [4.69, 9.17) is 0 Å². The van der Waals surface area contributed by atoms with Gasteiger partial charge in [-0.3, -0.25) is 9.69 Å². The molecule has 1 N–H and O–H groups in total. The Labute approximate surface area is 128 Å². The molecular formula is C18H28N2O. The molecule has 3 nitrogen and oxygen atoms in total. The summed E-state index contributed by atoms with van der Waals surface area (Å²) in [5, 5.41) is 3.19. The third-order valence-corrected chi connectivity index (χ3v) is 4.54. The van der Waals surface area contributed by atoms with Gasteiger partial charge in [-0.05, 0) is 44.3 Å². The molecule has 1 aliphatic rings. The molecule has 3 heteroatoms.